The number of nitrogens with zero attached hydrogens (tertiary/aromatic N) is 1. The van der Waals surface area contributed by atoms with E-state index in [1.54, 1.807) is 12.1 Å². The van der Waals surface area contributed by atoms with E-state index < -0.39 is 34.2 Å². The van der Waals surface area contributed by atoms with Crippen molar-refractivity contribution < 1.29 is 26.4 Å². The highest BCUT2D eigenvalue weighted by Crippen LogP contribution is 2.29. The Bertz CT molecular complexity index is 910. The first kappa shape index (κ1) is 20.9. The summed E-state index contributed by atoms with van der Waals surface area (Å²) in [6, 6.07) is 10.8. The van der Waals surface area contributed by atoms with Crippen molar-refractivity contribution in [1.29, 1.82) is 0 Å². The molecule has 146 valence electrons. The first-order chi connectivity index (χ1) is 12.5. The minimum Gasteiger partial charge on any atom is -0.351 e. The van der Waals surface area contributed by atoms with Gasteiger partial charge in [0.2, 0.25) is 15.9 Å². The smallest absolute Gasteiger partial charge is 0.351 e. The average Bonchev–Trinajstić information content (AvgIpc) is 2.60. The maximum absolute atomic E-state index is 12.7. The van der Waals surface area contributed by atoms with Gasteiger partial charge in [0.05, 0.1) is 17.0 Å². The number of nitrogens with one attached hydrogen (secondary N) is 1. The Balaban J connectivity index is 1.98. The summed E-state index contributed by atoms with van der Waals surface area (Å²) in [6.07, 6.45) is -4.47. The second-order valence-electron chi connectivity index (χ2n) is 6.05. The van der Waals surface area contributed by atoms with Crippen LogP contribution >= 0.6 is 0 Å². The number of hydrogen-bond acceptors (Lipinski definition) is 3. The molecule has 0 spiro atoms. The monoisotopic (exact) mass is 400 g/mol. The summed E-state index contributed by atoms with van der Waals surface area (Å²) in [5, 5.41) is 2.43. The molecule has 0 heterocycles. The fraction of sp³-hybridized carbons (Fsp3) is 0.278. The van der Waals surface area contributed by atoms with Gasteiger partial charge in [0, 0.05) is 13.6 Å². The van der Waals surface area contributed by atoms with Crippen LogP contribution in [-0.2, 0) is 27.5 Å². The number of carbonyl (C=O) groups is 1. The van der Waals surface area contributed by atoms with E-state index in [9.17, 15) is 26.4 Å². The fourth-order valence-corrected chi connectivity index (χ4v) is 3.42. The van der Waals surface area contributed by atoms with Crippen LogP contribution in [0.5, 0.6) is 0 Å². The summed E-state index contributed by atoms with van der Waals surface area (Å²) in [5.74, 6) is -0.620. The van der Waals surface area contributed by atoms with Crippen molar-refractivity contribution >= 4 is 15.9 Å². The highest BCUT2D eigenvalue weighted by atomic mass is 32.2. The van der Waals surface area contributed by atoms with E-state index in [2.05, 4.69) is 5.32 Å². The number of benzene rings is 2. The van der Waals surface area contributed by atoms with Crippen LogP contribution in [0.25, 0.3) is 0 Å². The molecule has 0 atom stereocenters. The van der Waals surface area contributed by atoms with Gasteiger partial charge in [-0.2, -0.15) is 17.5 Å². The topological polar surface area (TPSA) is 66.5 Å². The molecule has 0 aromatic heterocycles. The molecule has 1 N–H and O–H groups in total. The molecule has 1 amide bonds. The zero-order chi connectivity index (χ0) is 20.2. The predicted molar refractivity (Wildman–Crippen MR) is 94.3 cm³/mol. The second-order valence-corrected chi connectivity index (χ2v) is 8.09. The van der Waals surface area contributed by atoms with E-state index in [1.807, 2.05) is 6.92 Å². The van der Waals surface area contributed by atoms with Crippen LogP contribution in [0.2, 0.25) is 0 Å². The minimum atomic E-state index is -4.47. The molecular weight excluding hydrogens is 381 g/mol. The normalized spacial score (nSPS) is 12.2. The lowest BCUT2D eigenvalue weighted by atomic mass is 10.1. The second kappa shape index (κ2) is 8.10. The molecule has 0 bridgehead atoms. The van der Waals surface area contributed by atoms with Crippen molar-refractivity contribution in [3.8, 4) is 0 Å². The number of hydrogen-bond donors (Lipinski definition) is 1. The predicted octanol–water partition coefficient (Wildman–Crippen LogP) is 2.95. The van der Waals surface area contributed by atoms with Gasteiger partial charge in [0.1, 0.15) is 0 Å². The molecule has 27 heavy (non-hydrogen) atoms. The summed E-state index contributed by atoms with van der Waals surface area (Å²) in [6.45, 7) is 1.23. The Morgan fingerprint density at radius 1 is 1.11 bits per heavy atom. The molecule has 0 aliphatic heterocycles. The Morgan fingerprint density at radius 3 is 2.33 bits per heavy atom. The van der Waals surface area contributed by atoms with Crippen molar-refractivity contribution in [2.75, 3.05) is 13.6 Å². The lowest BCUT2D eigenvalue weighted by Gasteiger charge is -2.17. The zero-order valence-corrected chi connectivity index (χ0v) is 15.6. The number of halogens is 3. The van der Waals surface area contributed by atoms with Crippen molar-refractivity contribution in [3.05, 3.63) is 65.2 Å². The molecule has 0 unspecified atom stereocenters. The first-order valence-corrected chi connectivity index (χ1v) is 9.40. The van der Waals surface area contributed by atoms with E-state index in [4.69, 9.17) is 0 Å². The van der Waals surface area contributed by atoms with Crippen LogP contribution in [0.3, 0.4) is 0 Å². The van der Waals surface area contributed by atoms with Crippen LogP contribution in [-0.4, -0.2) is 32.2 Å². The third-order valence-corrected chi connectivity index (χ3v) is 5.66. The summed E-state index contributed by atoms with van der Waals surface area (Å²) in [5.41, 5.74) is 0.353. The fourth-order valence-electron chi connectivity index (χ4n) is 2.29. The van der Waals surface area contributed by atoms with E-state index in [0.29, 0.717) is 0 Å². The Labute approximate surface area is 155 Å². The van der Waals surface area contributed by atoms with Gasteiger partial charge in [-0.25, -0.2) is 8.42 Å². The van der Waals surface area contributed by atoms with Gasteiger partial charge in [0.25, 0.3) is 0 Å². The van der Waals surface area contributed by atoms with Gasteiger partial charge in [-0.3, -0.25) is 4.79 Å². The van der Waals surface area contributed by atoms with Gasteiger partial charge in [-0.1, -0.05) is 29.8 Å². The summed E-state index contributed by atoms with van der Waals surface area (Å²) in [7, 11) is -2.57. The van der Waals surface area contributed by atoms with Crippen LogP contribution in [0, 0.1) is 6.92 Å². The third-order valence-electron chi connectivity index (χ3n) is 3.84. The SMILES string of the molecule is Cc1ccc(S(=O)(=O)N(C)CC(=O)NCc2cccc(C(F)(F)F)c2)cc1. The largest absolute Gasteiger partial charge is 0.416 e. The Morgan fingerprint density at radius 2 is 1.74 bits per heavy atom. The van der Waals surface area contributed by atoms with Gasteiger partial charge in [-0.15, -0.1) is 0 Å². The van der Waals surface area contributed by atoms with Gasteiger partial charge in [0.15, 0.2) is 0 Å². The maximum Gasteiger partial charge on any atom is 0.416 e. The minimum absolute atomic E-state index is 0.0567. The zero-order valence-electron chi connectivity index (χ0n) is 14.7. The first-order valence-electron chi connectivity index (χ1n) is 7.96. The number of sulfonamides is 1. The van der Waals surface area contributed by atoms with E-state index in [1.165, 1.54) is 31.3 Å². The number of amides is 1. The standard InChI is InChI=1S/C18H19F3N2O3S/c1-13-6-8-16(9-7-13)27(25,26)23(2)12-17(24)22-11-14-4-3-5-15(10-14)18(19,20)21/h3-10H,11-12H2,1-2H3,(H,22,24). The number of rotatable bonds is 6. The van der Waals surface area contributed by atoms with Crippen LogP contribution < -0.4 is 5.32 Å². The van der Waals surface area contributed by atoms with Gasteiger partial charge < -0.3 is 5.32 Å². The number of aryl methyl sites for hydroxylation is 1. The molecule has 5 nitrogen and oxygen atoms in total. The van der Waals surface area contributed by atoms with Crippen molar-refractivity contribution in [2.24, 2.45) is 0 Å². The van der Waals surface area contributed by atoms with Crippen LogP contribution in [0.15, 0.2) is 53.4 Å². The highest BCUT2D eigenvalue weighted by Gasteiger charge is 2.30. The van der Waals surface area contributed by atoms with E-state index in [0.717, 1.165) is 22.0 Å². The summed E-state index contributed by atoms with van der Waals surface area (Å²) >= 11 is 0. The summed E-state index contributed by atoms with van der Waals surface area (Å²) < 4.78 is 63.8. The molecule has 0 aliphatic rings. The molecule has 2 rings (SSSR count). The molecule has 2 aromatic carbocycles. The van der Waals surface area contributed by atoms with Crippen molar-refractivity contribution in [1.82, 2.24) is 9.62 Å². The number of alkyl halides is 3. The lowest BCUT2D eigenvalue weighted by molar-refractivity contribution is -0.137. The van der Waals surface area contributed by atoms with Crippen LogP contribution in [0.4, 0.5) is 13.2 Å². The van der Waals surface area contributed by atoms with Gasteiger partial charge >= 0.3 is 6.18 Å². The molecule has 0 saturated heterocycles. The Kier molecular flexibility index (Phi) is 6.27. The molecule has 0 aliphatic carbocycles. The molecule has 2 aromatic rings. The number of likely N-dealkylation sites (N-methyl/N-ethyl adjacent to an activating group) is 1. The number of carbonyl (C=O) groups excluding carboxylic acids is 1. The molecule has 0 fully saturated rings. The molecular formula is C18H19F3N2O3S. The third kappa shape index (κ3) is 5.54. The average molecular weight is 400 g/mol. The lowest BCUT2D eigenvalue weighted by Crippen LogP contribution is -2.38. The van der Waals surface area contributed by atoms with Crippen molar-refractivity contribution in [2.45, 2.75) is 24.5 Å². The quantitative estimate of drug-likeness (QED) is 0.811. The van der Waals surface area contributed by atoms with Gasteiger partial charge in [-0.05, 0) is 36.8 Å². The molecule has 9 heteroatoms. The van der Waals surface area contributed by atoms with E-state index in [-0.39, 0.29) is 17.0 Å². The Hall–Kier alpha value is -2.39. The summed E-state index contributed by atoms with van der Waals surface area (Å²) in [4.78, 5) is 12.1. The van der Waals surface area contributed by atoms with E-state index >= 15 is 0 Å². The maximum atomic E-state index is 12.7. The van der Waals surface area contributed by atoms with Crippen molar-refractivity contribution in [3.63, 3.8) is 0 Å². The van der Waals surface area contributed by atoms with Crippen LogP contribution in [0.1, 0.15) is 16.7 Å². The highest BCUT2D eigenvalue weighted by molar-refractivity contribution is 7.89. The molecule has 0 saturated carbocycles. The molecule has 0 radical (unpaired) electrons.